The van der Waals surface area contributed by atoms with Crippen LogP contribution in [0.15, 0.2) is 42.5 Å². The van der Waals surface area contributed by atoms with E-state index in [4.69, 9.17) is 4.74 Å². The molecule has 2 aliphatic rings. The molecule has 1 saturated carbocycles. The monoisotopic (exact) mass is 272 g/mol. The van der Waals surface area contributed by atoms with Gasteiger partial charge < -0.3 is 9.84 Å². The molecule has 1 fully saturated rings. The van der Waals surface area contributed by atoms with Crippen LogP contribution in [0.4, 0.5) is 0 Å². The zero-order valence-corrected chi connectivity index (χ0v) is 11.0. The Morgan fingerprint density at radius 2 is 2.05 bits per heavy atom. The highest BCUT2D eigenvalue weighted by Gasteiger charge is 2.54. The smallest absolute Gasteiger partial charge is 0.313 e. The number of rotatable bonds is 4. The molecule has 0 saturated heterocycles. The lowest BCUT2D eigenvalue weighted by Crippen LogP contribution is -2.34. The lowest BCUT2D eigenvalue weighted by molar-refractivity contribution is -0.149. The van der Waals surface area contributed by atoms with Gasteiger partial charge in [-0.1, -0.05) is 30.4 Å². The molecule has 4 nitrogen and oxygen atoms in total. The van der Waals surface area contributed by atoms with Crippen LogP contribution in [0.1, 0.15) is 19.3 Å². The first kappa shape index (κ1) is 12.9. The van der Waals surface area contributed by atoms with E-state index in [1.54, 1.807) is 30.3 Å². The van der Waals surface area contributed by atoms with E-state index in [1.807, 2.05) is 12.1 Å². The number of carboxylic acids is 1. The molecule has 0 radical (unpaired) electrons. The van der Waals surface area contributed by atoms with Crippen molar-refractivity contribution in [1.29, 1.82) is 0 Å². The number of carboxylic acid groups (broad SMARTS) is 1. The number of esters is 1. The molecule has 1 aromatic carbocycles. The van der Waals surface area contributed by atoms with Crippen LogP contribution in [0, 0.1) is 17.3 Å². The van der Waals surface area contributed by atoms with E-state index in [0.717, 1.165) is 6.42 Å². The second kappa shape index (κ2) is 4.78. The highest BCUT2D eigenvalue weighted by molar-refractivity contribution is 5.81. The van der Waals surface area contributed by atoms with E-state index in [0.29, 0.717) is 18.1 Å². The molecular formula is C16H16O4. The van der Waals surface area contributed by atoms with E-state index >= 15 is 0 Å². The molecule has 4 heteroatoms. The molecule has 1 N–H and O–H groups in total. The van der Waals surface area contributed by atoms with Crippen LogP contribution < -0.4 is 4.74 Å². The largest absolute Gasteiger partial charge is 0.481 e. The number of fused-ring (bicyclic) bond motifs is 2. The Labute approximate surface area is 117 Å². The molecule has 104 valence electrons. The maximum atomic E-state index is 12.0. The van der Waals surface area contributed by atoms with Gasteiger partial charge in [-0.2, -0.15) is 0 Å². The first-order valence-electron chi connectivity index (χ1n) is 6.78. The minimum absolute atomic E-state index is 0.155. The van der Waals surface area contributed by atoms with Crippen molar-refractivity contribution in [3.63, 3.8) is 0 Å². The van der Waals surface area contributed by atoms with Gasteiger partial charge in [0.05, 0.1) is 11.8 Å². The van der Waals surface area contributed by atoms with E-state index in [-0.39, 0.29) is 18.3 Å². The fraction of sp³-hybridized carbons (Fsp3) is 0.375. The Kier molecular flexibility index (Phi) is 3.08. The Hall–Kier alpha value is -2.10. The van der Waals surface area contributed by atoms with Gasteiger partial charge in [-0.05, 0) is 36.8 Å². The lowest BCUT2D eigenvalue weighted by atomic mass is 9.76. The van der Waals surface area contributed by atoms with Crippen molar-refractivity contribution in [1.82, 2.24) is 0 Å². The van der Waals surface area contributed by atoms with Gasteiger partial charge in [-0.15, -0.1) is 0 Å². The van der Waals surface area contributed by atoms with Crippen LogP contribution >= 0.6 is 0 Å². The van der Waals surface area contributed by atoms with E-state index in [9.17, 15) is 14.7 Å². The average Bonchev–Trinajstić information content (AvgIpc) is 2.98. The van der Waals surface area contributed by atoms with E-state index in [1.165, 1.54) is 0 Å². The van der Waals surface area contributed by atoms with Crippen LogP contribution in [-0.4, -0.2) is 17.0 Å². The molecule has 0 amide bonds. The Bertz CT molecular complexity index is 563. The predicted octanol–water partition coefficient (Wildman–Crippen LogP) is 2.65. The number of para-hydroxylation sites is 1. The molecule has 1 aromatic rings. The molecule has 3 atom stereocenters. The second-order valence-electron chi connectivity index (χ2n) is 5.59. The van der Waals surface area contributed by atoms with Gasteiger partial charge in [0.2, 0.25) is 0 Å². The summed E-state index contributed by atoms with van der Waals surface area (Å²) in [5.41, 5.74) is -0.861. The number of carbonyl (C=O) groups is 2. The molecule has 3 rings (SSSR count). The molecule has 0 aliphatic heterocycles. The molecule has 0 aromatic heterocycles. The summed E-state index contributed by atoms with van der Waals surface area (Å²) in [5.74, 6) is -0.554. The fourth-order valence-electron chi connectivity index (χ4n) is 3.38. The van der Waals surface area contributed by atoms with Crippen LogP contribution in [0.25, 0.3) is 0 Å². The summed E-state index contributed by atoms with van der Waals surface area (Å²) >= 11 is 0. The Morgan fingerprint density at radius 3 is 2.70 bits per heavy atom. The summed E-state index contributed by atoms with van der Waals surface area (Å²) in [7, 11) is 0. The molecular weight excluding hydrogens is 256 g/mol. The third-order valence-electron chi connectivity index (χ3n) is 4.37. The van der Waals surface area contributed by atoms with Crippen LogP contribution in [0.2, 0.25) is 0 Å². The highest BCUT2D eigenvalue weighted by atomic mass is 16.5. The molecule has 0 spiro atoms. The number of benzene rings is 1. The van der Waals surface area contributed by atoms with Crippen molar-refractivity contribution in [2.75, 3.05) is 0 Å². The predicted molar refractivity (Wildman–Crippen MR) is 72.1 cm³/mol. The lowest BCUT2D eigenvalue weighted by Gasteiger charge is -2.27. The number of hydrogen-bond acceptors (Lipinski definition) is 3. The van der Waals surface area contributed by atoms with E-state index < -0.39 is 11.4 Å². The molecule has 2 bridgehead atoms. The molecule has 2 aliphatic carbocycles. The average molecular weight is 272 g/mol. The topological polar surface area (TPSA) is 63.6 Å². The number of carbonyl (C=O) groups excluding carboxylic acids is 1. The van der Waals surface area contributed by atoms with E-state index in [2.05, 4.69) is 0 Å². The Balaban J connectivity index is 1.68. The first-order chi connectivity index (χ1) is 9.60. The number of hydrogen-bond donors (Lipinski definition) is 1. The van der Waals surface area contributed by atoms with Gasteiger partial charge in [0.25, 0.3) is 0 Å². The van der Waals surface area contributed by atoms with Crippen molar-refractivity contribution in [2.24, 2.45) is 17.3 Å². The van der Waals surface area contributed by atoms with Crippen molar-refractivity contribution < 1.29 is 19.4 Å². The summed E-state index contributed by atoms with van der Waals surface area (Å²) in [5, 5.41) is 9.46. The summed E-state index contributed by atoms with van der Waals surface area (Å²) in [4.78, 5) is 23.5. The van der Waals surface area contributed by atoms with Gasteiger partial charge >= 0.3 is 11.9 Å². The van der Waals surface area contributed by atoms with Crippen LogP contribution in [0.3, 0.4) is 0 Å². The van der Waals surface area contributed by atoms with Crippen molar-refractivity contribution in [3.05, 3.63) is 42.5 Å². The van der Waals surface area contributed by atoms with Crippen LogP contribution in [0.5, 0.6) is 5.75 Å². The van der Waals surface area contributed by atoms with Gasteiger partial charge in [-0.3, -0.25) is 9.59 Å². The number of aliphatic carboxylic acids is 1. The standard InChI is InChI=1S/C16H16O4/c17-14(20-13-4-2-1-3-5-13)9-12-8-11-6-7-16(12,10-11)15(18)19/h1-7,11-12H,8-10H2,(H,18,19). The maximum Gasteiger partial charge on any atom is 0.313 e. The highest BCUT2D eigenvalue weighted by Crippen LogP contribution is 2.54. The minimum Gasteiger partial charge on any atom is -0.481 e. The molecule has 20 heavy (non-hydrogen) atoms. The number of allylic oxidation sites excluding steroid dienone is 1. The maximum absolute atomic E-state index is 12.0. The SMILES string of the molecule is O=C(CC1CC2C=CC1(C(=O)O)C2)Oc1ccccc1. The van der Waals surface area contributed by atoms with Gasteiger partial charge in [0, 0.05) is 0 Å². The fourth-order valence-corrected chi connectivity index (χ4v) is 3.38. The van der Waals surface area contributed by atoms with Crippen molar-refractivity contribution in [2.45, 2.75) is 19.3 Å². The first-order valence-corrected chi connectivity index (χ1v) is 6.78. The summed E-state index contributed by atoms with van der Waals surface area (Å²) in [6, 6.07) is 8.86. The van der Waals surface area contributed by atoms with Crippen LogP contribution in [-0.2, 0) is 9.59 Å². The normalized spacial score (nSPS) is 30.4. The third-order valence-corrected chi connectivity index (χ3v) is 4.37. The van der Waals surface area contributed by atoms with Gasteiger partial charge in [0.1, 0.15) is 5.75 Å². The quantitative estimate of drug-likeness (QED) is 0.520. The molecule has 0 heterocycles. The third kappa shape index (κ3) is 2.11. The van der Waals surface area contributed by atoms with Crippen molar-refractivity contribution >= 4 is 11.9 Å². The zero-order chi connectivity index (χ0) is 14.2. The molecule has 3 unspecified atom stereocenters. The van der Waals surface area contributed by atoms with Gasteiger partial charge in [0.15, 0.2) is 0 Å². The summed E-state index contributed by atoms with van der Waals surface area (Å²) in [6.45, 7) is 0. The minimum atomic E-state index is -0.861. The second-order valence-corrected chi connectivity index (χ2v) is 5.59. The Morgan fingerprint density at radius 1 is 1.30 bits per heavy atom. The summed E-state index contributed by atoms with van der Waals surface area (Å²) < 4.78 is 5.25. The zero-order valence-electron chi connectivity index (χ0n) is 11.0. The number of ether oxygens (including phenoxy) is 1. The van der Waals surface area contributed by atoms with Gasteiger partial charge in [-0.25, -0.2) is 0 Å². The van der Waals surface area contributed by atoms with Crippen molar-refractivity contribution in [3.8, 4) is 5.75 Å². The summed E-state index contributed by atoms with van der Waals surface area (Å²) in [6.07, 6.45) is 5.26.